The Balaban J connectivity index is 1.58. The van der Waals surface area contributed by atoms with Crippen molar-refractivity contribution in [2.45, 2.75) is 18.1 Å². The zero-order valence-electron chi connectivity index (χ0n) is 16.5. The van der Waals surface area contributed by atoms with Crippen molar-refractivity contribution in [2.24, 2.45) is 0 Å². The molecule has 0 saturated carbocycles. The van der Waals surface area contributed by atoms with Crippen molar-refractivity contribution in [1.29, 1.82) is 0 Å². The molecular weight excluding hydrogens is 434 g/mol. The number of nitrogens with one attached hydrogen (secondary N) is 2. The summed E-state index contributed by atoms with van der Waals surface area (Å²) in [5.74, 6) is -0.678. The van der Waals surface area contributed by atoms with Crippen LogP contribution in [0.5, 0.6) is 0 Å². The minimum absolute atomic E-state index is 0.207. The number of nitrogens with zero attached hydrogens (tertiary/aromatic N) is 1. The Hall–Kier alpha value is -1.79. The zero-order valence-corrected chi connectivity index (χ0v) is 18.9. The number of aryl methyl sites for hydroxylation is 1. The summed E-state index contributed by atoms with van der Waals surface area (Å²) in [5, 5.41) is 5.07. The van der Waals surface area contributed by atoms with E-state index in [1.807, 2.05) is 13.8 Å². The van der Waals surface area contributed by atoms with Gasteiger partial charge in [-0.25, -0.2) is 13.2 Å². The van der Waals surface area contributed by atoms with Crippen LogP contribution in [0.2, 0.25) is 0 Å². The standard InChI is InChI=1S/C18H23N3O5S3/c1-12-13(2)28-17(16(12)18(23)26-3)19-14(22)11-20-6-8-21(9-7-20)29(24,25)15-5-4-10-27-15/h4-5,10H,6-9,11H2,1-3H3,(H,19,22)/p+1. The summed E-state index contributed by atoms with van der Waals surface area (Å²) < 4.78 is 31.8. The molecule has 2 aromatic rings. The first-order valence-electron chi connectivity index (χ1n) is 9.09. The molecule has 0 spiro atoms. The molecule has 1 amide bonds. The third kappa shape index (κ3) is 4.69. The number of carbonyl (C=O) groups excluding carboxylic acids is 2. The second-order valence-electron chi connectivity index (χ2n) is 6.79. The Morgan fingerprint density at radius 3 is 2.55 bits per heavy atom. The Labute approximate surface area is 178 Å². The van der Waals surface area contributed by atoms with Crippen LogP contribution in [0.1, 0.15) is 20.8 Å². The molecule has 1 saturated heterocycles. The van der Waals surface area contributed by atoms with Gasteiger partial charge in [0.25, 0.3) is 15.9 Å². The Kier molecular flexibility index (Phi) is 6.74. The number of sulfonamides is 1. The molecule has 1 fully saturated rings. The zero-order chi connectivity index (χ0) is 21.2. The number of carbonyl (C=O) groups is 2. The van der Waals surface area contributed by atoms with Gasteiger partial charge in [-0.05, 0) is 30.9 Å². The molecule has 2 N–H and O–H groups in total. The lowest BCUT2D eigenvalue weighted by molar-refractivity contribution is -0.895. The predicted octanol–water partition coefficient (Wildman–Crippen LogP) is 0.741. The lowest BCUT2D eigenvalue weighted by Crippen LogP contribution is -3.15. The maximum absolute atomic E-state index is 12.6. The molecule has 0 aromatic carbocycles. The van der Waals surface area contributed by atoms with E-state index in [1.165, 1.54) is 34.1 Å². The van der Waals surface area contributed by atoms with Crippen LogP contribution >= 0.6 is 22.7 Å². The predicted molar refractivity (Wildman–Crippen MR) is 112 cm³/mol. The first kappa shape index (κ1) is 21.9. The quantitative estimate of drug-likeness (QED) is 0.623. The Morgan fingerprint density at radius 2 is 1.97 bits per heavy atom. The van der Waals surface area contributed by atoms with Crippen molar-refractivity contribution in [3.63, 3.8) is 0 Å². The van der Waals surface area contributed by atoms with Crippen molar-refractivity contribution in [2.75, 3.05) is 45.2 Å². The molecule has 0 aliphatic carbocycles. The van der Waals surface area contributed by atoms with Gasteiger partial charge >= 0.3 is 5.97 Å². The molecule has 3 heterocycles. The number of rotatable bonds is 6. The summed E-state index contributed by atoms with van der Waals surface area (Å²) in [6.45, 7) is 5.76. The topological polar surface area (TPSA) is 97.2 Å². The highest BCUT2D eigenvalue weighted by molar-refractivity contribution is 7.91. The Bertz CT molecular complexity index is 990. The van der Waals surface area contributed by atoms with Crippen molar-refractivity contribution in [3.05, 3.63) is 33.5 Å². The van der Waals surface area contributed by atoms with E-state index in [2.05, 4.69) is 5.32 Å². The van der Waals surface area contributed by atoms with Gasteiger partial charge in [-0.15, -0.1) is 22.7 Å². The summed E-state index contributed by atoms with van der Waals surface area (Å²) in [6, 6.07) is 3.33. The summed E-state index contributed by atoms with van der Waals surface area (Å²) in [7, 11) is -2.14. The van der Waals surface area contributed by atoms with Gasteiger partial charge in [-0.2, -0.15) is 4.31 Å². The first-order valence-corrected chi connectivity index (χ1v) is 12.2. The van der Waals surface area contributed by atoms with Gasteiger partial charge in [-0.3, -0.25) is 4.79 Å². The highest BCUT2D eigenvalue weighted by Crippen LogP contribution is 2.32. The number of piperazine rings is 1. The number of ether oxygens (including phenoxy) is 1. The lowest BCUT2D eigenvalue weighted by atomic mass is 10.1. The average Bonchev–Trinajstić information content (AvgIpc) is 3.31. The molecule has 11 heteroatoms. The minimum atomic E-state index is -3.45. The SMILES string of the molecule is COC(=O)c1c(NC(=O)C[NH+]2CCN(S(=O)(=O)c3cccs3)CC2)sc(C)c1C. The second-order valence-corrected chi connectivity index (χ2v) is 11.1. The fourth-order valence-electron chi connectivity index (χ4n) is 3.22. The molecule has 8 nitrogen and oxygen atoms in total. The van der Waals surface area contributed by atoms with Crippen molar-refractivity contribution < 1.29 is 27.6 Å². The van der Waals surface area contributed by atoms with E-state index in [-0.39, 0.29) is 12.5 Å². The van der Waals surface area contributed by atoms with Gasteiger partial charge in [0.1, 0.15) is 9.21 Å². The van der Waals surface area contributed by atoms with Gasteiger partial charge in [0.15, 0.2) is 6.54 Å². The van der Waals surface area contributed by atoms with Crippen LogP contribution in [0, 0.1) is 13.8 Å². The largest absolute Gasteiger partial charge is 0.465 e. The van der Waals surface area contributed by atoms with E-state index in [4.69, 9.17) is 4.74 Å². The second kappa shape index (κ2) is 8.92. The molecular formula is C18H24N3O5S3+. The number of hydrogen-bond donors (Lipinski definition) is 2. The average molecular weight is 459 g/mol. The van der Waals surface area contributed by atoms with Gasteiger partial charge in [-0.1, -0.05) is 6.07 Å². The molecule has 1 aliphatic heterocycles. The van der Waals surface area contributed by atoms with Crippen LogP contribution in [0.15, 0.2) is 21.7 Å². The molecule has 0 unspecified atom stereocenters. The molecule has 29 heavy (non-hydrogen) atoms. The van der Waals surface area contributed by atoms with Crippen LogP contribution in [0.3, 0.4) is 0 Å². The summed E-state index contributed by atoms with van der Waals surface area (Å²) in [6.07, 6.45) is 0. The van der Waals surface area contributed by atoms with Crippen molar-refractivity contribution >= 4 is 49.6 Å². The number of thiophene rings is 2. The number of hydrogen-bond acceptors (Lipinski definition) is 7. The van der Waals surface area contributed by atoms with Gasteiger partial charge < -0.3 is 15.0 Å². The summed E-state index contributed by atoms with van der Waals surface area (Å²) in [4.78, 5) is 26.5. The van der Waals surface area contributed by atoms with E-state index >= 15 is 0 Å². The van der Waals surface area contributed by atoms with E-state index < -0.39 is 16.0 Å². The lowest BCUT2D eigenvalue weighted by Gasteiger charge is -2.30. The Morgan fingerprint density at radius 1 is 1.28 bits per heavy atom. The fourth-order valence-corrected chi connectivity index (χ4v) is 6.87. The van der Waals surface area contributed by atoms with Crippen LogP contribution in [0.4, 0.5) is 5.00 Å². The summed E-state index contributed by atoms with van der Waals surface area (Å²) >= 11 is 2.56. The van der Waals surface area contributed by atoms with Gasteiger partial charge in [0.05, 0.1) is 38.9 Å². The molecule has 0 atom stereocenters. The molecule has 3 rings (SSSR count). The normalized spacial score (nSPS) is 16.0. The monoisotopic (exact) mass is 458 g/mol. The number of quaternary nitrogens is 1. The number of esters is 1. The van der Waals surface area contributed by atoms with Gasteiger partial charge in [0, 0.05) is 4.88 Å². The smallest absolute Gasteiger partial charge is 0.341 e. The van der Waals surface area contributed by atoms with E-state index in [0.717, 1.165) is 15.3 Å². The highest BCUT2D eigenvalue weighted by atomic mass is 32.2. The number of amides is 1. The van der Waals surface area contributed by atoms with Crippen molar-refractivity contribution in [1.82, 2.24) is 4.31 Å². The number of anilines is 1. The fraction of sp³-hybridized carbons (Fsp3) is 0.444. The van der Waals surface area contributed by atoms with Crippen LogP contribution in [0.25, 0.3) is 0 Å². The highest BCUT2D eigenvalue weighted by Gasteiger charge is 2.32. The summed E-state index contributed by atoms with van der Waals surface area (Å²) in [5.41, 5.74) is 1.20. The van der Waals surface area contributed by atoms with E-state index in [9.17, 15) is 18.0 Å². The third-order valence-electron chi connectivity index (χ3n) is 4.96. The van der Waals surface area contributed by atoms with Crippen LogP contribution in [-0.2, 0) is 19.6 Å². The van der Waals surface area contributed by atoms with Crippen molar-refractivity contribution in [3.8, 4) is 0 Å². The molecule has 1 aliphatic rings. The van der Waals surface area contributed by atoms with Crippen LogP contribution < -0.4 is 10.2 Å². The van der Waals surface area contributed by atoms with Crippen LogP contribution in [-0.4, -0.2) is 64.4 Å². The van der Waals surface area contributed by atoms with E-state index in [0.29, 0.717) is 41.0 Å². The first-order chi connectivity index (χ1) is 13.7. The molecule has 0 bridgehead atoms. The number of methoxy groups -OCH3 is 1. The van der Waals surface area contributed by atoms with Gasteiger partial charge in [0.2, 0.25) is 0 Å². The molecule has 158 valence electrons. The molecule has 0 radical (unpaired) electrons. The third-order valence-corrected chi connectivity index (χ3v) is 9.35. The molecule has 2 aromatic heterocycles. The maximum Gasteiger partial charge on any atom is 0.341 e. The minimum Gasteiger partial charge on any atom is -0.465 e. The van der Waals surface area contributed by atoms with E-state index in [1.54, 1.807) is 17.5 Å². The maximum atomic E-state index is 12.6.